The minimum atomic E-state index is 0. The molecule has 0 saturated carbocycles. The van der Waals surface area contributed by atoms with E-state index >= 15 is 0 Å². The van der Waals surface area contributed by atoms with Gasteiger partial charge < -0.3 is 4.74 Å². The van der Waals surface area contributed by atoms with E-state index in [0.717, 1.165) is 19.6 Å². The Kier molecular flexibility index (Phi) is 6.08. The van der Waals surface area contributed by atoms with Gasteiger partial charge in [-0.3, -0.25) is 5.32 Å². The van der Waals surface area contributed by atoms with Gasteiger partial charge in [-0.05, 0) is 19.4 Å². The minimum Gasteiger partial charge on any atom is -0.363 e. The molecule has 0 aromatic heterocycles. The molecule has 10 heavy (non-hydrogen) atoms. The first-order valence-electron chi connectivity index (χ1n) is 3.78. The van der Waals surface area contributed by atoms with Crippen LogP contribution in [0.25, 0.3) is 0 Å². The average molecular weight is 166 g/mol. The third-order valence-corrected chi connectivity index (χ3v) is 1.56. The molecule has 1 aliphatic heterocycles. The van der Waals surface area contributed by atoms with Crippen LogP contribution in [0.1, 0.15) is 26.2 Å². The summed E-state index contributed by atoms with van der Waals surface area (Å²) in [6.07, 6.45) is 3.88. The third kappa shape index (κ3) is 3.40. The van der Waals surface area contributed by atoms with Gasteiger partial charge in [-0.15, -0.1) is 12.4 Å². The standard InChI is InChI=1S/C7H15NO.ClH/c1-2-4-7-8-5-3-6-9-7;/h7-8H,2-6H2,1H3;1H. The molecule has 0 aliphatic carbocycles. The number of nitrogens with one attached hydrogen (secondary N) is 1. The van der Waals surface area contributed by atoms with Gasteiger partial charge >= 0.3 is 0 Å². The number of rotatable bonds is 2. The summed E-state index contributed by atoms with van der Waals surface area (Å²) in [7, 11) is 0. The van der Waals surface area contributed by atoms with Crippen molar-refractivity contribution in [2.75, 3.05) is 13.2 Å². The molecule has 1 aliphatic rings. The van der Waals surface area contributed by atoms with Gasteiger partial charge in [0.25, 0.3) is 0 Å². The maximum absolute atomic E-state index is 5.41. The lowest BCUT2D eigenvalue weighted by Crippen LogP contribution is -2.37. The number of halogens is 1. The number of hydrogen-bond acceptors (Lipinski definition) is 2. The van der Waals surface area contributed by atoms with Crippen LogP contribution in [0.2, 0.25) is 0 Å². The fourth-order valence-electron chi connectivity index (χ4n) is 1.07. The molecule has 0 bridgehead atoms. The summed E-state index contributed by atoms with van der Waals surface area (Å²) < 4.78 is 5.41. The minimum absolute atomic E-state index is 0. The second-order valence-electron chi connectivity index (χ2n) is 2.46. The van der Waals surface area contributed by atoms with Crippen LogP contribution in [0.3, 0.4) is 0 Å². The fraction of sp³-hybridized carbons (Fsp3) is 1.00. The van der Waals surface area contributed by atoms with Crippen LogP contribution in [-0.2, 0) is 4.74 Å². The van der Waals surface area contributed by atoms with Gasteiger partial charge in [-0.2, -0.15) is 0 Å². The van der Waals surface area contributed by atoms with E-state index in [2.05, 4.69) is 12.2 Å². The van der Waals surface area contributed by atoms with Gasteiger partial charge in [0, 0.05) is 6.61 Å². The number of hydrogen-bond donors (Lipinski definition) is 1. The summed E-state index contributed by atoms with van der Waals surface area (Å²) >= 11 is 0. The van der Waals surface area contributed by atoms with E-state index < -0.39 is 0 Å². The molecule has 3 heteroatoms. The normalized spacial score (nSPS) is 25.5. The average Bonchev–Trinajstić information content (AvgIpc) is 1.91. The van der Waals surface area contributed by atoms with Crippen LogP contribution in [0.15, 0.2) is 0 Å². The van der Waals surface area contributed by atoms with Crippen molar-refractivity contribution in [2.24, 2.45) is 0 Å². The van der Waals surface area contributed by atoms with Gasteiger partial charge in [-0.25, -0.2) is 0 Å². The van der Waals surface area contributed by atoms with E-state index in [1.165, 1.54) is 12.8 Å². The highest BCUT2D eigenvalue weighted by Gasteiger charge is 2.09. The Labute approximate surface area is 68.7 Å². The molecule has 1 saturated heterocycles. The molecule has 62 valence electrons. The van der Waals surface area contributed by atoms with Crippen LogP contribution in [0, 0.1) is 0 Å². The lowest BCUT2D eigenvalue weighted by Gasteiger charge is -2.23. The van der Waals surface area contributed by atoms with E-state index in [9.17, 15) is 0 Å². The quantitative estimate of drug-likeness (QED) is 0.671. The fourth-order valence-corrected chi connectivity index (χ4v) is 1.07. The molecule has 1 fully saturated rings. The molecule has 0 aromatic carbocycles. The van der Waals surface area contributed by atoms with Crippen LogP contribution in [-0.4, -0.2) is 19.4 Å². The van der Waals surface area contributed by atoms with Crippen LogP contribution in [0.4, 0.5) is 0 Å². The Hall–Kier alpha value is 0.210. The molecule has 0 aromatic rings. The highest BCUT2D eigenvalue weighted by Crippen LogP contribution is 2.03. The molecule has 0 spiro atoms. The predicted molar refractivity (Wildman–Crippen MR) is 44.5 cm³/mol. The molecular weight excluding hydrogens is 150 g/mol. The Bertz CT molecular complexity index is 71.3. The van der Waals surface area contributed by atoms with Gasteiger partial charge in [0.1, 0.15) is 6.23 Å². The zero-order valence-corrected chi connectivity index (χ0v) is 7.25. The summed E-state index contributed by atoms with van der Waals surface area (Å²) in [5.74, 6) is 0. The van der Waals surface area contributed by atoms with Crippen molar-refractivity contribution >= 4 is 12.4 Å². The van der Waals surface area contributed by atoms with E-state index in [-0.39, 0.29) is 12.4 Å². The smallest absolute Gasteiger partial charge is 0.108 e. The molecule has 1 N–H and O–H groups in total. The van der Waals surface area contributed by atoms with Gasteiger partial charge in [0.15, 0.2) is 0 Å². The second-order valence-corrected chi connectivity index (χ2v) is 2.46. The van der Waals surface area contributed by atoms with Crippen LogP contribution >= 0.6 is 12.4 Å². The van der Waals surface area contributed by atoms with E-state index in [0.29, 0.717) is 6.23 Å². The first kappa shape index (κ1) is 10.2. The highest BCUT2D eigenvalue weighted by atomic mass is 35.5. The second kappa shape index (κ2) is 5.96. The summed E-state index contributed by atoms with van der Waals surface area (Å²) in [5.41, 5.74) is 0. The van der Waals surface area contributed by atoms with E-state index in [1.54, 1.807) is 0 Å². The summed E-state index contributed by atoms with van der Waals surface area (Å²) in [4.78, 5) is 0. The Morgan fingerprint density at radius 3 is 2.90 bits per heavy atom. The zero-order chi connectivity index (χ0) is 6.53. The van der Waals surface area contributed by atoms with Crippen molar-refractivity contribution in [3.63, 3.8) is 0 Å². The van der Waals surface area contributed by atoms with Gasteiger partial charge in [0.2, 0.25) is 0 Å². The molecule has 2 nitrogen and oxygen atoms in total. The summed E-state index contributed by atoms with van der Waals surface area (Å²) in [5, 5.41) is 3.30. The molecule has 1 unspecified atom stereocenters. The first-order valence-corrected chi connectivity index (χ1v) is 3.78. The molecule has 0 radical (unpaired) electrons. The lowest BCUT2D eigenvalue weighted by molar-refractivity contribution is -0.00396. The Morgan fingerprint density at radius 1 is 1.60 bits per heavy atom. The molecule has 1 heterocycles. The molecule has 0 amide bonds. The first-order chi connectivity index (χ1) is 4.43. The summed E-state index contributed by atoms with van der Waals surface area (Å²) in [6, 6.07) is 0. The van der Waals surface area contributed by atoms with Crippen molar-refractivity contribution in [2.45, 2.75) is 32.4 Å². The largest absolute Gasteiger partial charge is 0.363 e. The zero-order valence-electron chi connectivity index (χ0n) is 6.43. The lowest BCUT2D eigenvalue weighted by atomic mass is 10.2. The molecular formula is C7H16ClNO. The Balaban J connectivity index is 0.000000810. The van der Waals surface area contributed by atoms with Crippen LogP contribution in [0.5, 0.6) is 0 Å². The van der Waals surface area contributed by atoms with E-state index in [1.807, 2.05) is 0 Å². The van der Waals surface area contributed by atoms with Crippen molar-refractivity contribution in [3.05, 3.63) is 0 Å². The van der Waals surface area contributed by atoms with Crippen molar-refractivity contribution in [3.8, 4) is 0 Å². The molecule has 1 atom stereocenters. The van der Waals surface area contributed by atoms with Crippen molar-refractivity contribution in [1.29, 1.82) is 0 Å². The maximum atomic E-state index is 5.41. The van der Waals surface area contributed by atoms with Gasteiger partial charge in [0.05, 0.1) is 0 Å². The monoisotopic (exact) mass is 165 g/mol. The van der Waals surface area contributed by atoms with Crippen LogP contribution < -0.4 is 5.32 Å². The maximum Gasteiger partial charge on any atom is 0.108 e. The van der Waals surface area contributed by atoms with Crippen molar-refractivity contribution in [1.82, 2.24) is 5.32 Å². The SMILES string of the molecule is CCCC1NCCCO1.Cl. The Morgan fingerprint density at radius 2 is 2.40 bits per heavy atom. The third-order valence-electron chi connectivity index (χ3n) is 1.56. The summed E-state index contributed by atoms with van der Waals surface area (Å²) in [6.45, 7) is 4.25. The van der Waals surface area contributed by atoms with Crippen molar-refractivity contribution < 1.29 is 4.74 Å². The predicted octanol–water partition coefficient (Wildman–Crippen LogP) is 1.54. The highest BCUT2D eigenvalue weighted by molar-refractivity contribution is 5.85. The van der Waals surface area contributed by atoms with E-state index in [4.69, 9.17) is 4.74 Å². The topological polar surface area (TPSA) is 21.3 Å². The number of ether oxygens (including phenoxy) is 1. The van der Waals surface area contributed by atoms with Gasteiger partial charge in [-0.1, -0.05) is 13.3 Å². The molecule has 1 rings (SSSR count).